The number of para-hydroxylation sites is 1. The average Bonchev–Trinajstić information content (AvgIpc) is 3.22. The van der Waals surface area contributed by atoms with Gasteiger partial charge in [-0.3, -0.25) is 14.2 Å². The first-order valence-electron chi connectivity index (χ1n) is 9.62. The molecule has 1 aliphatic carbocycles. The van der Waals surface area contributed by atoms with Gasteiger partial charge in [0.2, 0.25) is 5.91 Å². The van der Waals surface area contributed by atoms with Gasteiger partial charge in [-0.05, 0) is 36.4 Å². The molecule has 4 rings (SSSR count). The first-order chi connectivity index (χ1) is 13.6. The Bertz CT molecular complexity index is 1110. The van der Waals surface area contributed by atoms with E-state index in [0.717, 1.165) is 30.3 Å². The van der Waals surface area contributed by atoms with Crippen LogP contribution in [0, 0.1) is 0 Å². The lowest BCUT2D eigenvalue weighted by molar-refractivity contribution is -0.133. The van der Waals surface area contributed by atoms with Crippen molar-refractivity contribution in [3.8, 4) is 5.69 Å². The Balaban J connectivity index is 1.77. The molecule has 1 aromatic carbocycles. The Kier molecular flexibility index (Phi) is 5.17. The Hall–Kier alpha value is -2.67. The van der Waals surface area contributed by atoms with Gasteiger partial charge in [-0.1, -0.05) is 37.5 Å². The highest BCUT2D eigenvalue weighted by atomic mass is 32.1. The number of carbonyl (C=O) groups excluding carboxylic acids is 1. The van der Waals surface area contributed by atoms with Crippen LogP contribution < -0.4 is 11.2 Å². The second-order valence-electron chi connectivity index (χ2n) is 7.28. The van der Waals surface area contributed by atoms with E-state index in [1.54, 1.807) is 40.6 Å². The lowest BCUT2D eigenvalue weighted by atomic mass is 9.94. The highest BCUT2D eigenvalue weighted by Gasteiger charge is 2.24. The Morgan fingerprint density at radius 1 is 1.11 bits per heavy atom. The van der Waals surface area contributed by atoms with Crippen molar-refractivity contribution in [3.63, 3.8) is 0 Å². The number of fused-ring (bicyclic) bond motifs is 1. The van der Waals surface area contributed by atoms with Crippen LogP contribution in [-0.4, -0.2) is 33.0 Å². The fourth-order valence-corrected chi connectivity index (χ4v) is 4.79. The van der Waals surface area contributed by atoms with Crippen molar-refractivity contribution >= 4 is 27.5 Å². The van der Waals surface area contributed by atoms with Crippen molar-refractivity contribution in [2.24, 2.45) is 0 Å². The van der Waals surface area contributed by atoms with Crippen LogP contribution >= 0.6 is 11.3 Å². The molecule has 146 valence electrons. The van der Waals surface area contributed by atoms with E-state index in [1.165, 1.54) is 22.3 Å². The standard InChI is InChI=1S/C21H23N3O3S/c1-22(15-8-4-2-5-9-15)18(25)14-23-17-12-13-28-19(17)20(26)24(21(23)27)16-10-6-3-7-11-16/h3,6-7,10-13,15H,2,4-5,8-9,14H2,1H3. The number of benzene rings is 1. The van der Waals surface area contributed by atoms with Gasteiger partial charge in [0, 0.05) is 13.1 Å². The molecule has 1 fully saturated rings. The largest absolute Gasteiger partial charge is 0.341 e. The normalized spacial score (nSPS) is 15.0. The molecule has 0 aliphatic heterocycles. The molecule has 0 bridgehead atoms. The van der Waals surface area contributed by atoms with Crippen LogP contribution in [0.25, 0.3) is 15.9 Å². The summed E-state index contributed by atoms with van der Waals surface area (Å²) in [5.41, 5.74) is 0.213. The van der Waals surface area contributed by atoms with Crippen molar-refractivity contribution in [1.82, 2.24) is 14.0 Å². The molecular weight excluding hydrogens is 374 g/mol. The summed E-state index contributed by atoms with van der Waals surface area (Å²) in [5, 5.41) is 1.78. The summed E-state index contributed by atoms with van der Waals surface area (Å²) in [6.45, 7) is -0.0633. The van der Waals surface area contributed by atoms with Crippen LogP contribution in [0.4, 0.5) is 0 Å². The number of thiophene rings is 1. The van der Waals surface area contributed by atoms with Crippen molar-refractivity contribution in [2.45, 2.75) is 44.7 Å². The first kappa shape index (κ1) is 18.7. The highest BCUT2D eigenvalue weighted by Crippen LogP contribution is 2.22. The maximum absolute atomic E-state index is 13.2. The van der Waals surface area contributed by atoms with Crippen molar-refractivity contribution in [1.29, 1.82) is 0 Å². The first-order valence-corrected chi connectivity index (χ1v) is 10.5. The molecule has 0 radical (unpaired) electrons. The third kappa shape index (κ3) is 3.30. The molecule has 0 unspecified atom stereocenters. The lowest BCUT2D eigenvalue weighted by Crippen LogP contribution is -2.44. The van der Waals surface area contributed by atoms with Gasteiger partial charge in [-0.2, -0.15) is 0 Å². The Morgan fingerprint density at radius 2 is 1.82 bits per heavy atom. The van der Waals surface area contributed by atoms with E-state index in [9.17, 15) is 14.4 Å². The third-order valence-corrected chi connectivity index (χ3v) is 6.47. The lowest BCUT2D eigenvalue weighted by Gasteiger charge is -2.31. The summed E-state index contributed by atoms with van der Waals surface area (Å²) < 4.78 is 3.07. The number of likely N-dealkylation sites (N-methyl/N-ethyl adjacent to an activating group) is 1. The third-order valence-electron chi connectivity index (χ3n) is 5.58. The molecule has 1 saturated carbocycles. The second-order valence-corrected chi connectivity index (χ2v) is 8.19. The number of amides is 1. The summed E-state index contributed by atoms with van der Waals surface area (Å²) in [5.74, 6) is -0.0974. The predicted octanol–water partition coefficient (Wildman–Crippen LogP) is 3.01. The van der Waals surface area contributed by atoms with Crippen LogP contribution in [0.3, 0.4) is 0 Å². The molecule has 28 heavy (non-hydrogen) atoms. The molecule has 2 heterocycles. The van der Waals surface area contributed by atoms with E-state index < -0.39 is 5.69 Å². The topological polar surface area (TPSA) is 64.3 Å². The molecular formula is C21H23N3O3S. The van der Waals surface area contributed by atoms with E-state index in [-0.39, 0.29) is 24.1 Å². The molecule has 3 aromatic rings. The number of carbonyl (C=O) groups is 1. The van der Waals surface area contributed by atoms with E-state index in [4.69, 9.17) is 0 Å². The van der Waals surface area contributed by atoms with Crippen LogP contribution in [0.5, 0.6) is 0 Å². The maximum atomic E-state index is 13.2. The molecule has 0 saturated heterocycles. The number of hydrogen-bond donors (Lipinski definition) is 0. The van der Waals surface area contributed by atoms with Gasteiger partial charge in [0.1, 0.15) is 11.2 Å². The molecule has 1 amide bonds. The molecule has 0 atom stereocenters. The molecule has 6 nitrogen and oxygen atoms in total. The van der Waals surface area contributed by atoms with E-state index in [1.807, 2.05) is 13.1 Å². The van der Waals surface area contributed by atoms with Crippen LogP contribution in [0.1, 0.15) is 32.1 Å². The van der Waals surface area contributed by atoms with Gasteiger partial charge < -0.3 is 4.90 Å². The minimum Gasteiger partial charge on any atom is -0.341 e. The summed E-state index contributed by atoms with van der Waals surface area (Å²) >= 11 is 1.29. The number of hydrogen-bond acceptors (Lipinski definition) is 4. The molecule has 2 aromatic heterocycles. The maximum Gasteiger partial charge on any atom is 0.336 e. The zero-order valence-electron chi connectivity index (χ0n) is 15.8. The number of aromatic nitrogens is 2. The Morgan fingerprint density at radius 3 is 2.54 bits per heavy atom. The zero-order chi connectivity index (χ0) is 19.7. The van der Waals surface area contributed by atoms with E-state index in [2.05, 4.69) is 0 Å². The van der Waals surface area contributed by atoms with Gasteiger partial charge in [-0.25, -0.2) is 9.36 Å². The molecule has 0 N–H and O–H groups in total. The van der Waals surface area contributed by atoms with Crippen molar-refractivity contribution in [2.75, 3.05) is 7.05 Å². The second kappa shape index (κ2) is 7.75. The van der Waals surface area contributed by atoms with E-state index in [0.29, 0.717) is 15.9 Å². The van der Waals surface area contributed by atoms with Crippen molar-refractivity contribution < 1.29 is 4.79 Å². The summed E-state index contributed by atoms with van der Waals surface area (Å²) in [4.78, 5) is 40.8. The summed E-state index contributed by atoms with van der Waals surface area (Å²) in [6, 6.07) is 10.8. The number of rotatable bonds is 4. The molecule has 0 spiro atoms. The van der Waals surface area contributed by atoms with Gasteiger partial charge in [-0.15, -0.1) is 11.3 Å². The fraction of sp³-hybridized carbons (Fsp3) is 0.381. The Labute approximate surface area is 166 Å². The van der Waals surface area contributed by atoms with Crippen LogP contribution in [0.2, 0.25) is 0 Å². The molecule has 7 heteroatoms. The zero-order valence-corrected chi connectivity index (χ0v) is 16.7. The smallest absolute Gasteiger partial charge is 0.336 e. The fourth-order valence-electron chi connectivity index (χ4n) is 3.96. The average molecular weight is 398 g/mol. The summed E-state index contributed by atoms with van der Waals surface area (Å²) in [7, 11) is 1.82. The van der Waals surface area contributed by atoms with Crippen molar-refractivity contribution in [3.05, 3.63) is 62.6 Å². The van der Waals surface area contributed by atoms with Gasteiger partial charge in [0.25, 0.3) is 5.56 Å². The van der Waals surface area contributed by atoms with Gasteiger partial charge in [0.05, 0.1) is 11.2 Å². The molecule has 1 aliphatic rings. The minimum atomic E-state index is -0.479. The monoisotopic (exact) mass is 397 g/mol. The number of nitrogens with zero attached hydrogens (tertiary/aromatic N) is 3. The van der Waals surface area contributed by atoms with E-state index >= 15 is 0 Å². The minimum absolute atomic E-state index is 0.0633. The summed E-state index contributed by atoms with van der Waals surface area (Å²) in [6.07, 6.45) is 5.50. The highest BCUT2D eigenvalue weighted by molar-refractivity contribution is 7.17. The SMILES string of the molecule is CN(C(=O)Cn1c(=O)n(-c2ccccc2)c(=O)c2sccc21)C1CCCCC1. The van der Waals surface area contributed by atoms with Crippen LogP contribution in [-0.2, 0) is 11.3 Å². The van der Waals surface area contributed by atoms with Gasteiger partial charge in [0.15, 0.2) is 0 Å². The van der Waals surface area contributed by atoms with Gasteiger partial charge >= 0.3 is 5.69 Å². The quantitative estimate of drug-likeness (QED) is 0.680. The predicted molar refractivity (Wildman–Crippen MR) is 111 cm³/mol. The van der Waals surface area contributed by atoms with Crippen LogP contribution in [0.15, 0.2) is 51.4 Å².